The molecule has 1 aromatic rings. The highest BCUT2D eigenvalue weighted by Crippen LogP contribution is 2.24. The van der Waals surface area contributed by atoms with Gasteiger partial charge in [0, 0.05) is 9.75 Å². The van der Waals surface area contributed by atoms with E-state index in [1.54, 1.807) is 0 Å². The van der Waals surface area contributed by atoms with Crippen molar-refractivity contribution in [3.05, 3.63) is 21.9 Å². The van der Waals surface area contributed by atoms with Crippen molar-refractivity contribution in [2.45, 2.75) is 26.2 Å². The van der Waals surface area contributed by atoms with Crippen LogP contribution in [0.4, 0.5) is 0 Å². The first-order chi connectivity index (χ1) is 5.74. The van der Waals surface area contributed by atoms with Gasteiger partial charge in [0.2, 0.25) is 0 Å². The van der Waals surface area contributed by atoms with Gasteiger partial charge < -0.3 is 5.32 Å². The lowest BCUT2D eigenvalue weighted by Gasteiger charge is -1.98. The molecule has 0 saturated carbocycles. The lowest BCUT2D eigenvalue weighted by Crippen LogP contribution is -2.09. The van der Waals surface area contributed by atoms with Crippen LogP contribution in [0.5, 0.6) is 0 Å². The Kier molecular flexibility index (Phi) is 3.76. The molecular weight excluding hydrogens is 166 g/mol. The number of hydrogen-bond donors (Lipinski definition) is 1. The van der Waals surface area contributed by atoms with E-state index in [1.807, 2.05) is 18.4 Å². The van der Waals surface area contributed by atoms with E-state index in [-0.39, 0.29) is 0 Å². The van der Waals surface area contributed by atoms with Crippen molar-refractivity contribution in [1.29, 1.82) is 0 Å². The molecule has 0 aliphatic heterocycles. The maximum absolute atomic E-state index is 3.16. The molecule has 1 aromatic heterocycles. The van der Waals surface area contributed by atoms with E-state index in [1.165, 1.54) is 9.75 Å². The molecule has 0 saturated heterocycles. The Morgan fingerprint density at radius 1 is 1.42 bits per heavy atom. The highest BCUT2D eigenvalue weighted by atomic mass is 32.1. The third kappa shape index (κ3) is 2.61. The van der Waals surface area contributed by atoms with Crippen LogP contribution in [0.25, 0.3) is 0 Å². The Morgan fingerprint density at radius 2 is 2.17 bits per heavy atom. The normalized spacial score (nSPS) is 11.0. The molecule has 0 aromatic carbocycles. The standard InChI is InChI=1S/C10H17NS/c1-8(2)10-5-4-9(12-10)6-7-11-3/h4-5,8,11H,6-7H2,1-3H3. The second kappa shape index (κ2) is 4.63. The summed E-state index contributed by atoms with van der Waals surface area (Å²) >= 11 is 1.94. The molecule has 0 atom stereocenters. The van der Waals surface area contributed by atoms with Gasteiger partial charge in [-0.25, -0.2) is 0 Å². The van der Waals surface area contributed by atoms with Crippen LogP contribution in [-0.2, 0) is 6.42 Å². The van der Waals surface area contributed by atoms with Crippen molar-refractivity contribution in [2.24, 2.45) is 0 Å². The van der Waals surface area contributed by atoms with Crippen LogP contribution in [0.1, 0.15) is 29.5 Å². The van der Waals surface area contributed by atoms with Gasteiger partial charge in [-0.15, -0.1) is 11.3 Å². The van der Waals surface area contributed by atoms with Crippen molar-refractivity contribution < 1.29 is 0 Å². The Morgan fingerprint density at radius 3 is 2.67 bits per heavy atom. The second-order valence-electron chi connectivity index (χ2n) is 3.31. The monoisotopic (exact) mass is 183 g/mol. The number of thiophene rings is 1. The molecule has 0 bridgehead atoms. The molecule has 0 fully saturated rings. The number of rotatable bonds is 4. The highest BCUT2D eigenvalue weighted by Gasteiger charge is 2.02. The molecule has 1 heterocycles. The molecule has 1 rings (SSSR count). The topological polar surface area (TPSA) is 12.0 Å². The van der Waals surface area contributed by atoms with Gasteiger partial charge in [0.25, 0.3) is 0 Å². The van der Waals surface area contributed by atoms with Crippen LogP contribution in [0.2, 0.25) is 0 Å². The molecule has 1 nitrogen and oxygen atoms in total. The summed E-state index contributed by atoms with van der Waals surface area (Å²) in [4.78, 5) is 2.99. The van der Waals surface area contributed by atoms with E-state index >= 15 is 0 Å². The number of hydrogen-bond acceptors (Lipinski definition) is 2. The van der Waals surface area contributed by atoms with Gasteiger partial charge in [0.05, 0.1) is 0 Å². The first-order valence-corrected chi connectivity index (χ1v) is 5.29. The van der Waals surface area contributed by atoms with E-state index in [4.69, 9.17) is 0 Å². The van der Waals surface area contributed by atoms with E-state index < -0.39 is 0 Å². The molecule has 0 spiro atoms. The molecular formula is C10H17NS. The van der Waals surface area contributed by atoms with Crippen LogP contribution >= 0.6 is 11.3 Å². The maximum Gasteiger partial charge on any atom is 0.00736 e. The fraction of sp³-hybridized carbons (Fsp3) is 0.600. The second-order valence-corrected chi connectivity index (χ2v) is 4.51. The third-order valence-electron chi connectivity index (χ3n) is 1.87. The molecule has 0 unspecified atom stereocenters. The summed E-state index contributed by atoms with van der Waals surface area (Å²) in [5, 5.41) is 3.16. The Labute approximate surface area is 78.8 Å². The molecule has 0 aliphatic carbocycles. The van der Waals surface area contributed by atoms with Crippen molar-refractivity contribution in [2.75, 3.05) is 13.6 Å². The molecule has 2 heteroatoms. The summed E-state index contributed by atoms with van der Waals surface area (Å²) in [5.41, 5.74) is 0. The summed E-state index contributed by atoms with van der Waals surface area (Å²) in [6, 6.07) is 4.50. The van der Waals surface area contributed by atoms with Crippen LogP contribution in [0.3, 0.4) is 0 Å². The minimum Gasteiger partial charge on any atom is -0.319 e. The smallest absolute Gasteiger partial charge is 0.00736 e. The van der Waals surface area contributed by atoms with Crippen molar-refractivity contribution in [3.63, 3.8) is 0 Å². The third-order valence-corrected chi connectivity index (χ3v) is 3.32. The van der Waals surface area contributed by atoms with E-state index in [0.29, 0.717) is 5.92 Å². The first-order valence-electron chi connectivity index (χ1n) is 4.47. The van der Waals surface area contributed by atoms with Crippen molar-refractivity contribution in [3.8, 4) is 0 Å². The molecule has 0 aliphatic rings. The molecule has 68 valence electrons. The SMILES string of the molecule is CNCCc1ccc(C(C)C)s1. The first kappa shape index (κ1) is 9.75. The predicted molar refractivity (Wildman–Crippen MR) is 56.0 cm³/mol. The highest BCUT2D eigenvalue weighted by molar-refractivity contribution is 7.12. The van der Waals surface area contributed by atoms with Crippen molar-refractivity contribution >= 4 is 11.3 Å². The molecule has 1 N–H and O–H groups in total. The number of nitrogens with one attached hydrogen (secondary N) is 1. The fourth-order valence-electron chi connectivity index (χ4n) is 1.09. The zero-order valence-corrected chi connectivity index (χ0v) is 8.87. The van der Waals surface area contributed by atoms with Crippen LogP contribution in [0.15, 0.2) is 12.1 Å². The zero-order valence-electron chi connectivity index (χ0n) is 8.05. The molecule has 12 heavy (non-hydrogen) atoms. The average Bonchev–Trinajstić information content (AvgIpc) is 2.48. The maximum atomic E-state index is 3.16. The molecule has 0 radical (unpaired) electrons. The Balaban J connectivity index is 2.52. The Bertz CT molecular complexity index is 227. The lowest BCUT2D eigenvalue weighted by atomic mass is 10.2. The van der Waals surface area contributed by atoms with Crippen molar-refractivity contribution in [1.82, 2.24) is 5.32 Å². The fourth-order valence-corrected chi connectivity index (χ4v) is 2.10. The number of likely N-dealkylation sites (N-methyl/N-ethyl adjacent to an activating group) is 1. The van der Waals surface area contributed by atoms with Gasteiger partial charge in [0.15, 0.2) is 0 Å². The summed E-state index contributed by atoms with van der Waals surface area (Å²) in [6.07, 6.45) is 1.16. The Hall–Kier alpha value is -0.340. The summed E-state index contributed by atoms with van der Waals surface area (Å²) in [5.74, 6) is 0.679. The van der Waals surface area contributed by atoms with Crippen LogP contribution < -0.4 is 5.32 Å². The van der Waals surface area contributed by atoms with Gasteiger partial charge in [-0.2, -0.15) is 0 Å². The molecule has 0 amide bonds. The van der Waals surface area contributed by atoms with Gasteiger partial charge >= 0.3 is 0 Å². The minimum atomic E-state index is 0.679. The van der Waals surface area contributed by atoms with Crippen LogP contribution in [-0.4, -0.2) is 13.6 Å². The zero-order chi connectivity index (χ0) is 8.97. The van der Waals surface area contributed by atoms with Gasteiger partial charge in [0.1, 0.15) is 0 Å². The van der Waals surface area contributed by atoms with E-state index in [0.717, 1.165) is 13.0 Å². The van der Waals surface area contributed by atoms with E-state index in [9.17, 15) is 0 Å². The van der Waals surface area contributed by atoms with Crippen LogP contribution in [0, 0.1) is 0 Å². The lowest BCUT2D eigenvalue weighted by molar-refractivity contribution is 0.799. The summed E-state index contributed by atoms with van der Waals surface area (Å²) in [7, 11) is 2.00. The average molecular weight is 183 g/mol. The summed E-state index contributed by atoms with van der Waals surface area (Å²) in [6.45, 7) is 5.57. The largest absolute Gasteiger partial charge is 0.319 e. The van der Waals surface area contributed by atoms with E-state index in [2.05, 4.69) is 31.3 Å². The van der Waals surface area contributed by atoms with Gasteiger partial charge in [-0.05, 0) is 38.1 Å². The predicted octanol–water partition coefficient (Wildman–Crippen LogP) is 2.63. The van der Waals surface area contributed by atoms with Gasteiger partial charge in [-0.3, -0.25) is 0 Å². The van der Waals surface area contributed by atoms with Gasteiger partial charge in [-0.1, -0.05) is 13.8 Å². The minimum absolute atomic E-state index is 0.679. The quantitative estimate of drug-likeness (QED) is 0.756. The summed E-state index contributed by atoms with van der Waals surface area (Å²) < 4.78 is 0.